The smallest absolute Gasteiger partial charge is 0.104 e. The molecule has 3 nitrogen and oxygen atoms in total. The Labute approximate surface area is 100 Å². The number of epoxide rings is 2. The van der Waals surface area contributed by atoms with Crippen LogP contribution in [0, 0.1) is 0 Å². The fourth-order valence-electron chi connectivity index (χ4n) is 1.07. The SMILES string of the molecule is C(OCC1CO1)C1CO1.Clc1ccccc1. The summed E-state index contributed by atoms with van der Waals surface area (Å²) in [5, 5.41) is 0.794. The summed E-state index contributed by atoms with van der Waals surface area (Å²) in [4.78, 5) is 0. The highest BCUT2D eigenvalue weighted by Gasteiger charge is 2.26. The summed E-state index contributed by atoms with van der Waals surface area (Å²) in [6.45, 7) is 3.26. The number of benzene rings is 1. The van der Waals surface area contributed by atoms with E-state index in [0.717, 1.165) is 31.5 Å². The molecule has 0 spiro atoms. The highest BCUT2D eigenvalue weighted by atomic mass is 35.5. The van der Waals surface area contributed by atoms with Crippen LogP contribution in [0.15, 0.2) is 30.3 Å². The minimum Gasteiger partial charge on any atom is -0.376 e. The normalized spacial score (nSPS) is 25.6. The van der Waals surface area contributed by atoms with Crippen LogP contribution >= 0.6 is 11.6 Å². The lowest BCUT2D eigenvalue weighted by Gasteiger charge is -1.95. The predicted octanol–water partition coefficient (Wildman–Crippen LogP) is 2.14. The van der Waals surface area contributed by atoms with Gasteiger partial charge in [0.25, 0.3) is 0 Å². The second kappa shape index (κ2) is 6.21. The van der Waals surface area contributed by atoms with E-state index in [1.54, 1.807) is 0 Å². The van der Waals surface area contributed by atoms with Crippen LogP contribution in [0.4, 0.5) is 0 Å². The van der Waals surface area contributed by atoms with E-state index in [9.17, 15) is 0 Å². The van der Waals surface area contributed by atoms with E-state index in [-0.39, 0.29) is 0 Å². The quantitative estimate of drug-likeness (QED) is 0.759. The summed E-state index contributed by atoms with van der Waals surface area (Å²) in [6.07, 6.45) is 0.785. The zero-order chi connectivity index (χ0) is 11.2. The lowest BCUT2D eigenvalue weighted by atomic mass is 10.4. The molecule has 2 aliphatic heterocycles. The van der Waals surface area contributed by atoms with Crippen LogP contribution in [-0.2, 0) is 14.2 Å². The maximum absolute atomic E-state index is 5.54. The molecule has 2 saturated heterocycles. The zero-order valence-electron chi connectivity index (χ0n) is 8.97. The van der Waals surface area contributed by atoms with Crippen molar-refractivity contribution in [2.45, 2.75) is 12.2 Å². The Balaban J connectivity index is 0.000000125. The standard InChI is InChI=1S/C6H5Cl.C6H10O3/c7-6-4-2-1-3-5-6;1(5-3-8-5)7-2-6-4-9-6/h1-5H;5-6H,1-4H2. The number of rotatable bonds is 4. The molecular formula is C12H15ClO3. The van der Waals surface area contributed by atoms with Gasteiger partial charge in [-0.25, -0.2) is 0 Å². The van der Waals surface area contributed by atoms with E-state index >= 15 is 0 Å². The summed E-state index contributed by atoms with van der Waals surface area (Å²) in [5.41, 5.74) is 0. The molecule has 0 saturated carbocycles. The van der Waals surface area contributed by atoms with Crippen LogP contribution in [0.1, 0.15) is 0 Å². The Bertz CT molecular complexity index is 284. The minimum atomic E-state index is 0.392. The van der Waals surface area contributed by atoms with Crippen molar-refractivity contribution in [3.8, 4) is 0 Å². The molecule has 4 heteroatoms. The molecule has 2 atom stereocenters. The molecule has 0 radical (unpaired) electrons. The molecule has 88 valence electrons. The molecule has 2 unspecified atom stereocenters. The fourth-order valence-corrected chi connectivity index (χ4v) is 1.22. The Hall–Kier alpha value is -0.610. The van der Waals surface area contributed by atoms with Crippen molar-refractivity contribution < 1.29 is 14.2 Å². The van der Waals surface area contributed by atoms with Gasteiger partial charge in [0, 0.05) is 5.02 Å². The molecule has 2 heterocycles. The van der Waals surface area contributed by atoms with Gasteiger partial charge in [-0.05, 0) is 12.1 Å². The van der Waals surface area contributed by atoms with Gasteiger partial charge < -0.3 is 14.2 Å². The monoisotopic (exact) mass is 242 g/mol. The first-order valence-electron chi connectivity index (χ1n) is 5.36. The maximum atomic E-state index is 5.54. The zero-order valence-corrected chi connectivity index (χ0v) is 9.73. The summed E-state index contributed by atoms with van der Waals surface area (Å²) in [5.74, 6) is 0. The fraction of sp³-hybridized carbons (Fsp3) is 0.500. The van der Waals surface area contributed by atoms with E-state index < -0.39 is 0 Å². The summed E-state index contributed by atoms with van der Waals surface area (Å²) < 4.78 is 15.1. The molecule has 3 rings (SSSR count). The number of ether oxygens (including phenoxy) is 3. The topological polar surface area (TPSA) is 34.3 Å². The molecule has 0 aliphatic carbocycles. The van der Waals surface area contributed by atoms with E-state index in [1.165, 1.54) is 0 Å². The Morgan fingerprint density at radius 2 is 1.56 bits per heavy atom. The van der Waals surface area contributed by atoms with Gasteiger partial charge >= 0.3 is 0 Å². The van der Waals surface area contributed by atoms with Crippen molar-refractivity contribution in [1.29, 1.82) is 0 Å². The van der Waals surface area contributed by atoms with Crippen LogP contribution in [0.3, 0.4) is 0 Å². The molecule has 0 N–H and O–H groups in total. The van der Waals surface area contributed by atoms with Gasteiger partial charge in [-0.1, -0.05) is 29.8 Å². The van der Waals surface area contributed by atoms with Gasteiger partial charge in [0.1, 0.15) is 12.2 Å². The van der Waals surface area contributed by atoms with Crippen LogP contribution < -0.4 is 0 Å². The molecule has 2 aliphatic rings. The first-order valence-corrected chi connectivity index (χ1v) is 5.74. The molecule has 0 bridgehead atoms. The summed E-state index contributed by atoms with van der Waals surface area (Å²) in [7, 11) is 0. The van der Waals surface area contributed by atoms with E-state index in [4.69, 9.17) is 25.8 Å². The Morgan fingerprint density at radius 1 is 1.06 bits per heavy atom. The van der Waals surface area contributed by atoms with Gasteiger partial charge in [-0.3, -0.25) is 0 Å². The van der Waals surface area contributed by atoms with E-state index in [2.05, 4.69) is 0 Å². The molecule has 0 amide bonds. The molecule has 16 heavy (non-hydrogen) atoms. The molecular weight excluding hydrogens is 228 g/mol. The Morgan fingerprint density at radius 3 is 1.88 bits per heavy atom. The number of hydrogen-bond acceptors (Lipinski definition) is 3. The van der Waals surface area contributed by atoms with Crippen LogP contribution in [-0.4, -0.2) is 38.6 Å². The predicted molar refractivity (Wildman–Crippen MR) is 61.8 cm³/mol. The van der Waals surface area contributed by atoms with Gasteiger partial charge in [-0.2, -0.15) is 0 Å². The highest BCUT2D eigenvalue weighted by molar-refractivity contribution is 6.30. The van der Waals surface area contributed by atoms with Crippen LogP contribution in [0.25, 0.3) is 0 Å². The third-order valence-electron chi connectivity index (χ3n) is 2.15. The van der Waals surface area contributed by atoms with Gasteiger partial charge in [0.15, 0.2) is 0 Å². The first-order chi connectivity index (χ1) is 7.84. The van der Waals surface area contributed by atoms with Crippen molar-refractivity contribution >= 4 is 11.6 Å². The average molecular weight is 243 g/mol. The average Bonchev–Trinajstić information content (AvgIpc) is 3.14. The summed E-state index contributed by atoms with van der Waals surface area (Å²) >= 11 is 5.54. The molecule has 1 aromatic rings. The Kier molecular flexibility index (Phi) is 4.60. The molecule has 2 fully saturated rings. The maximum Gasteiger partial charge on any atom is 0.104 e. The minimum absolute atomic E-state index is 0.392. The molecule has 1 aromatic carbocycles. The van der Waals surface area contributed by atoms with Gasteiger partial charge in [0.05, 0.1) is 26.4 Å². The van der Waals surface area contributed by atoms with Crippen LogP contribution in [0.2, 0.25) is 5.02 Å². The summed E-state index contributed by atoms with van der Waals surface area (Å²) in [6, 6.07) is 9.44. The second-order valence-electron chi connectivity index (χ2n) is 3.74. The highest BCUT2D eigenvalue weighted by Crippen LogP contribution is 2.12. The lowest BCUT2D eigenvalue weighted by Crippen LogP contribution is -2.06. The van der Waals surface area contributed by atoms with Gasteiger partial charge in [0.2, 0.25) is 0 Å². The van der Waals surface area contributed by atoms with E-state index in [0.29, 0.717) is 12.2 Å². The third kappa shape index (κ3) is 5.47. The third-order valence-corrected chi connectivity index (χ3v) is 2.40. The van der Waals surface area contributed by atoms with Crippen molar-refractivity contribution in [3.05, 3.63) is 35.4 Å². The van der Waals surface area contributed by atoms with Crippen LogP contribution in [0.5, 0.6) is 0 Å². The second-order valence-corrected chi connectivity index (χ2v) is 4.18. The van der Waals surface area contributed by atoms with Crippen molar-refractivity contribution in [2.24, 2.45) is 0 Å². The van der Waals surface area contributed by atoms with E-state index in [1.807, 2.05) is 30.3 Å². The number of halogens is 1. The van der Waals surface area contributed by atoms with Crippen molar-refractivity contribution in [1.82, 2.24) is 0 Å². The number of hydrogen-bond donors (Lipinski definition) is 0. The molecule has 0 aromatic heterocycles. The first kappa shape index (κ1) is 11.9. The lowest BCUT2D eigenvalue weighted by molar-refractivity contribution is 0.102. The van der Waals surface area contributed by atoms with Crippen molar-refractivity contribution in [2.75, 3.05) is 26.4 Å². The van der Waals surface area contributed by atoms with Gasteiger partial charge in [-0.15, -0.1) is 0 Å². The van der Waals surface area contributed by atoms with Crippen molar-refractivity contribution in [3.63, 3.8) is 0 Å². The largest absolute Gasteiger partial charge is 0.376 e.